The second-order valence-corrected chi connectivity index (χ2v) is 7.24. The van der Waals surface area contributed by atoms with Crippen molar-refractivity contribution in [2.45, 2.75) is 32.0 Å². The Morgan fingerprint density at radius 3 is 2.73 bits per heavy atom. The summed E-state index contributed by atoms with van der Waals surface area (Å²) in [5, 5.41) is 22.8. The zero-order chi connectivity index (χ0) is 18.5. The maximum Gasteiger partial charge on any atom is 0.214 e. The summed E-state index contributed by atoms with van der Waals surface area (Å²) in [4.78, 5) is 0. The Morgan fingerprint density at radius 1 is 1.12 bits per heavy atom. The minimum atomic E-state index is -0.621. The van der Waals surface area contributed by atoms with E-state index in [1.165, 1.54) is 11.8 Å². The van der Waals surface area contributed by atoms with Crippen LogP contribution in [0.1, 0.15) is 16.7 Å². The van der Waals surface area contributed by atoms with Crippen LogP contribution in [0.2, 0.25) is 0 Å². The van der Waals surface area contributed by atoms with Gasteiger partial charge in [0.15, 0.2) is 0 Å². The molecule has 2 aromatic carbocycles. The molecule has 0 fully saturated rings. The van der Waals surface area contributed by atoms with Crippen LogP contribution >= 0.6 is 11.8 Å². The van der Waals surface area contributed by atoms with Crippen LogP contribution in [0.4, 0.5) is 0 Å². The van der Waals surface area contributed by atoms with Gasteiger partial charge in [0.2, 0.25) is 5.16 Å². The van der Waals surface area contributed by atoms with Crippen molar-refractivity contribution in [3.8, 4) is 11.4 Å². The quantitative estimate of drug-likeness (QED) is 0.644. The van der Waals surface area contributed by atoms with Gasteiger partial charge < -0.3 is 9.84 Å². The van der Waals surface area contributed by atoms with E-state index in [0.717, 1.165) is 28.1 Å². The van der Waals surface area contributed by atoms with Crippen molar-refractivity contribution in [1.82, 2.24) is 20.2 Å². The van der Waals surface area contributed by atoms with Crippen LogP contribution in [0, 0.1) is 20.8 Å². The number of aryl methyl sites for hydroxylation is 3. The molecule has 6 nitrogen and oxygen atoms in total. The summed E-state index contributed by atoms with van der Waals surface area (Å²) in [7, 11) is 0. The highest BCUT2D eigenvalue weighted by Crippen LogP contribution is 2.22. The van der Waals surface area contributed by atoms with Gasteiger partial charge in [-0.2, -0.15) is 4.68 Å². The third-order valence-electron chi connectivity index (χ3n) is 3.87. The second-order valence-electron chi connectivity index (χ2n) is 6.26. The van der Waals surface area contributed by atoms with Crippen molar-refractivity contribution < 1.29 is 9.84 Å². The Labute approximate surface area is 157 Å². The fourth-order valence-corrected chi connectivity index (χ4v) is 3.27. The lowest BCUT2D eigenvalue weighted by atomic mass is 10.1. The Balaban J connectivity index is 1.60. The molecule has 0 aliphatic heterocycles. The Morgan fingerprint density at radius 2 is 1.92 bits per heavy atom. The third kappa shape index (κ3) is 4.62. The summed E-state index contributed by atoms with van der Waals surface area (Å²) >= 11 is 1.41. The monoisotopic (exact) mass is 370 g/mol. The highest BCUT2D eigenvalue weighted by atomic mass is 32.2. The van der Waals surface area contributed by atoms with Crippen LogP contribution in [-0.2, 0) is 0 Å². The van der Waals surface area contributed by atoms with E-state index in [1.807, 2.05) is 57.2 Å². The molecule has 0 saturated heterocycles. The molecule has 0 aliphatic carbocycles. The van der Waals surface area contributed by atoms with Crippen LogP contribution in [0.5, 0.6) is 5.75 Å². The van der Waals surface area contributed by atoms with Gasteiger partial charge in [-0.25, -0.2) is 0 Å². The molecule has 26 heavy (non-hydrogen) atoms. The van der Waals surface area contributed by atoms with Crippen LogP contribution in [0.25, 0.3) is 5.69 Å². The Hall–Kier alpha value is -2.38. The molecule has 0 radical (unpaired) electrons. The highest BCUT2D eigenvalue weighted by molar-refractivity contribution is 7.99. The summed E-state index contributed by atoms with van der Waals surface area (Å²) in [6.45, 7) is 6.29. The molecular formula is C19H22N4O2S. The number of rotatable bonds is 7. The first kappa shape index (κ1) is 18.4. The fourth-order valence-electron chi connectivity index (χ4n) is 2.48. The maximum atomic E-state index is 10.2. The van der Waals surface area contributed by atoms with Gasteiger partial charge in [-0.3, -0.25) is 0 Å². The summed E-state index contributed by atoms with van der Waals surface area (Å²) in [6.07, 6.45) is -0.621. The normalized spacial score (nSPS) is 12.2. The number of aliphatic hydroxyl groups excluding tert-OH is 1. The fraction of sp³-hybridized carbons (Fsp3) is 0.316. The number of ether oxygens (including phenoxy) is 1. The largest absolute Gasteiger partial charge is 0.491 e. The van der Waals surface area contributed by atoms with Crippen LogP contribution in [-0.4, -0.2) is 43.8 Å². The van der Waals surface area contributed by atoms with Crippen LogP contribution in [0.15, 0.2) is 47.6 Å². The smallest absolute Gasteiger partial charge is 0.214 e. The lowest BCUT2D eigenvalue weighted by Gasteiger charge is -2.13. The van der Waals surface area contributed by atoms with E-state index >= 15 is 0 Å². The molecular weight excluding hydrogens is 348 g/mol. The van der Waals surface area contributed by atoms with E-state index < -0.39 is 6.10 Å². The number of hydrogen-bond acceptors (Lipinski definition) is 6. The van der Waals surface area contributed by atoms with Gasteiger partial charge in [0.25, 0.3) is 0 Å². The molecule has 3 rings (SSSR count). The van der Waals surface area contributed by atoms with Crippen molar-refractivity contribution in [2.75, 3.05) is 12.4 Å². The first-order valence-corrected chi connectivity index (χ1v) is 9.38. The van der Waals surface area contributed by atoms with E-state index in [1.54, 1.807) is 4.68 Å². The van der Waals surface area contributed by atoms with Crippen LogP contribution < -0.4 is 4.74 Å². The molecule has 0 bridgehead atoms. The molecule has 1 atom stereocenters. The summed E-state index contributed by atoms with van der Waals surface area (Å²) in [5.74, 6) is 1.20. The number of aromatic nitrogens is 4. The number of aliphatic hydroxyl groups is 1. The number of benzene rings is 2. The van der Waals surface area contributed by atoms with Crippen molar-refractivity contribution in [3.05, 3.63) is 59.2 Å². The average Bonchev–Trinajstić information content (AvgIpc) is 3.08. The van der Waals surface area contributed by atoms with Gasteiger partial charge in [-0.1, -0.05) is 36.0 Å². The molecule has 0 aliphatic rings. The van der Waals surface area contributed by atoms with E-state index in [9.17, 15) is 5.11 Å². The second kappa shape index (κ2) is 8.33. The zero-order valence-electron chi connectivity index (χ0n) is 15.1. The number of nitrogens with zero attached hydrogens (tertiary/aromatic N) is 4. The molecule has 1 aromatic heterocycles. The number of tetrazole rings is 1. The van der Waals surface area contributed by atoms with Crippen LogP contribution in [0.3, 0.4) is 0 Å². The molecule has 1 N–H and O–H groups in total. The van der Waals surface area contributed by atoms with Gasteiger partial charge in [0.05, 0.1) is 11.8 Å². The Kier molecular flexibility index (Phi) is 5.90. The summed E-state index contributed by atoms with van der Waals surface area (Å²) in [5.41, 5.74) is 4.30. The molecule has 7 heteroatoms. The first-order valence-electron chi connectivity index (χ1n) is 8.39. The lowest BCUT2D eigenvalue weighted by molar-refractivity contribution is 0.126. The molecule has 0 saturated carbocycles. The minimum absolute atomic E-state index is 0.224. The number of hydrogen-bond donors (Lipinski definition) is 1. The van der Waals surface area contributed by atoms with E-state index in [0.29, 0.717) is 10.9 Å². The van der Waals surface area contributed by atoms with E-state index in [-0.39, 0.29) is 6.61 Å². The van der Waals surface area contributed by atoms with Gasteiger partial charge in [0.1, 0.15) is 12.4 Å². The van der Waals surface area contributed by atoms with E-state index in [4.69, 9.17) is 4.74 Å². The van der Waals surface area contributed by atoms with Crippen molar-refractivity contribution in [2.24, 2.45) is 0 Å². The maximum absolute atomic E-state index is 10.2. The predicted molar refractivity (Wildman–Crippen MR) is 102 cm³/mol. The molecule has 0 spiro atoms. The van der Waals surface area contributed by atoms with Crippen molar-refractivity contribution in [3.63, 3.8) is 0 Å². The first-order chi connectivity index (χ1) is 12.5. The van der Waals surface area contributed by atoms with Gasteiger partial charge in [-0.15, -0.1) is 5.10 Å². The molecule has 0 unspecified atom stereocenters. The van der Waals surface area contributed by atoms with E-state index in [2.05, 4.69) is 21.6 Å². The topological polar surface area (TPSA) is 73.1 Å². The number of thioether (sulfide) groups is 1. The molecule has 1 heterocycles. The van der Waals surface area contributed by atoms with Gasteiger partial charge in [-0.05, 0) is 66.1 Å². The van der Waals surface area contributed by atoms with Crippen molar-refractivity contribution in [1.29, 1.82) is 0 Å². The highest BCUT2D eigenvalue weighted by Gasteiger charge is 2.14. The standard InChI is InChI=1S/C19H22N4O2S/c1-13-5-4-6-17(9-13)25-11-16(24)12-26-19-20-21-22-23(19)18-10-14(2)7-8-15(18)3/h4-10,16,24H,11-12H2,1-3H3/t16-/m1/s1. The third-order valence-corrected chi connectivity index (χ3v) is 4.93. The average molecular weight is 370 g/mol. The minimum Gasteiger partial charge on any atom is -0.491 e. The Bertz CT molecular complexity index is 881. The molecule has 136 valence electrons. The SMILES string of the molecule is Cc1cccc(OC[C@@H](O)CSc2nnnn2-c2cc(C)ccc2C)c1. The lowest BCUT2D eigenvalue weighted by Crippen LogP contribution is -2.20. The molecule has 0 amide bonds. The summed E-state index contributed by atoms with van der Waals surface area (Å²) < 4.78 is 7.36. The predicted octanol–water partition coefficient (Wildman–Crippen LogP) is 3.12. The summed E-state index contributed by atoms with van der Waals surface area (Å²) in [6, 6.07) is 13.9. The molecule has 3 aromatic rings. The van der Waals surface area contributed by atoms with Gasteiger partial charge in [0, 0.05) is 5.75 Å². The zero-order valence-corrected chi connectivity index (χ0v) is 15.9. The van der Waals surface area contributed by atoms with Gasteiger partial charge >= 0.3 is 0 Å². The van der Waals surface area contributed by atoms with Crippen molar-refractivity contribution >= 4 is 11.8 Å².